The fourth-order valence-corrected chi connectivity index (χ4v) is 8.34. The number of phenolic OH excluding ortho intramolecular Hbond substituents is 1. The van der Waals surface area contributed by atoms with E-state index >= 15 is 0 Å². The molecule has 5 aromatic rings. The number of thiophene rings is 1. The second kappa shape index (κ2) is 10.0. The summed E-state index contributed by atoms with van der Waals surface area (Å²) < 4.78 is 88.9. The Morgan fingerprint density at radius 1 is 0.684 bits per heavy atom. The van der Waals surface area contributed by atoms with Gasteiger partial charge in [-0.2, -0.15) is 26.3 Å². The van der Waals surface area contributed by atoms with Crippen LogP contribution in [0.25, 0.3) is 25.1 Å². The van der Waals surface area contributed by atoms with Crippen molar-refractivity contribution in [3.63, 3.8) is 0 Å². The standard InChI is InChI=1S/C27H14F6I2O2S/c28-26(29,30)15-1-7-23-19(11-15)20-12-16(27(31,32)33)2-8-24(20)38(23)18-5-3-17(4-6-18)37-13-14-9-21(34)25(36)22(35)10-14/h1-12H,13H2/p+1. The molecule has 0 aliphatic carbocycles. The molecule has 0 saturated carbocycles. The molecule has 0 spiro atoms. The third-order valence-corrected chi connectivity index (χ3v) is 9.87. The van der Waals surface area contributed by atoms with Gasteiger partial charge in [-0.25, -0.2) is 0 Å². The number of benzene rings is 4. The lowest BCUT2D eigenvalue weighted by atomic mass is 10.1. The summed E-state index contributed by atoms with van der Waals surface area (Å²) in [5, 5.41) is 10.2. The molecule has 0 unspecified atom stereocenters. The highest BCUT2D eigenvalue weighted by molar-refractivity contribution is 14.1. The smallest absolute Gasteiger partial charge is 0.416 e. The van der Waals surface area contributed by atoms with E-state index in [1.54, 1.807) is 24.3 Å². The highest BCUT2D eigenvalue weighted by Gasteiger charge is 2.35. The Labute approximate surface area is 242 Å². The van der Waals surface area contributed by atoms with Gasteiger partial charge in [-0.1, -0.05) is 0 Å². The average Bonchev–Trinajstić information content (AvgIpc) is 3.18. The van der Waals surface area contributed by atoms with Crippen molar-refractivity contribution < 1.29 is 36.2 Å². The van der Waals surface area contributed by atoms with Gasteiger partial charge < -0.3 is 9.84 Å². The number of phenols is 1. The van der Waals surface area contributed by atoms with Gasteiger partial charge in [0.15, 0.2) is 14.3 Å². The third-order valence-electron chi connectivity index (χ3n) is 5.89. The van der Waals surface area contributed by atoms with Gasteiger partial charge in [0.1, 0.15) is 18.1 Å². The molecule has 1 N–H and O–H groups in total. The van der Waals surface area contributed by atoms with Crippen LogP contribution >= 0.6 is 55.7 Å². The average molecular weight is 771 g/mol. The minimum Gasteiger partial charge on any atom is -0.506 e. The maximum atomic E-state index is 13.4. The van der Waals surface area contributed by atoms with Crippen molar-refractivity contribution in [2.75, 3.05) is 0 Å². The lowest BCUT2D eigenvalue weighted by molar-refractivity contribution is -0.138. The highest BCUT2D eigenvalue weighted by Crippen LogP contribution is 2.50. The molecule has 0 atom stereocenters. The zero-order chi connectivity index (χ0) is 27.4. The molecular formula is C27H15F6I2O2S+. The predicted molar refractivity (Wildman–Crippen MR) is 153 cm³/mol. The largest absolute Gasteiger partial charge is 0.506 e. The lowest BCUT2D eigenvalue weighted by Gasteiger charge is -2.08. The van der Waals surface area contributed by atoms with E-state index in [1.807, 2.05) is 57.3 Å². The van der Waals surface area contributed by atoms with Crippen LogP contribution in [0.15, 0.2) is 72.8 Å². The van der Waals surface area contributed by atoms with Crippen molar-refractivity contribution in [1.82, 2.24) is 0 Å². The fourth-order valence-electron chi connectivity index (χ4n) is 4.10. The number of rotatable bonds is 4. The normalized spacial score (nSPS) is 12.4. The van der Waals surface area contributed by atoms with E-state index < -0.39 is 33.9 Å². The van der Waals surface area contributed by atoms with Gasteiger partial charge in [0.05, 0.1) is 18.3 Å². The summed E-state index contributed by atoms with van der Waals surface area (Å²) >= 11 is 4.07. The van der Waals surface area contributed by atoms with Crippen LogP contribution in [0.4, 0.5) is 26.3 Å². The monoisotopic (exact) mass is 771 g/mol. The van der Waals surface area contributed by atoms with E-state index in [-0.39, 0.29) is 23.1 Å². The van der Waals surface area contributed by atoms with Crippen molar-refractivity contribution in [2.45, 2.75) is 19.0 Å². The van der Waals surface area contributed by atoms with E-state index in [0.717, 1.165) is 34.7 Å². The Morgan fingerprint density at radius 2 is 1.16 bits per heavy atom. The van der Waals surface area contributed by atoms with Gasteiger partial charge in [-0.3, -0.25) is 0 Å². The van der Waals surface area contributed by atoms with Gasteiger partial charge in [-0.15, -0.1) is 0 Å². The summed E-state index contributed by atoms with van der Waals surface area (Å²) in [6.45, 7) is 0.253. The van der Waals surface area contributed by atoms with Gasteiger partial charge in [-0.05, 0) is 111 Å². The number of hydrogen-bond donors (Lipinski definition) is 1. The second-order valence-electron chi connectivity index (χ2n) is 8.39. The molecule has 5 rings (SSSR count). The van der Waals surface area contributed by atoms with Crippen molar-refractivity contribution >= 4 is 75.8 Å². The van der Waals surface area contributed by atoms with Gasteiger partial charge in [0.25, 0.3) is 0 Å². The Bertz CT molecular complexity index is 1580. The quantitative estimate of drug-likeness (QED) is 0.112. The molecule has 196 valence electrons. The SMILES string of the molecule is Oc1c(I)cc(COc2ccc(-[s+]3c4ccc(C(F)(F)F)cc4c4cc(C(F)(F)F)ccc43)cc2)cc1I. The summed E-state index contributed by atoms with van der Waals surface area (Å²) in [4.78, 5) is 0.741. The first-order valence-corrected chi connectivity index (χ1v) is 14.3. The van der Waals surface area contributed by atoms with Crippen LogP contribution in [0.1, 0.15) is 16.7 Å². The lowest BCUT2D eigenvalue weighted by Crippen LogP contribution is -2.04. The van der Waals surface area contributed by atoms with Crippen LogP contribution in [0.5, 0.6) is 11.5 Å². The van der Waals surface area contributed by atoms with Crippen LogP contribution in [0, 0.1) is 7.14 Å². The number of halogens is 8. The van der Waals surface area contributed by atoms with Gasteiger partial charge in [0, 0.05) is 33.4 Å². The minimum atomic E-state index is -4.62. The van der Waals surface area contributed by atoms with E-state index in [1.165, 1.54) is 12.1 Å². The molecule has 38 heavy (non-hydrogen) atoms. The molecule has 1 heterocycles. The van der Waals surface area contributed by atoms with Gasteiger partial charge in [0.2, 0.25) is 0 Å². The first-order valence-electron chi connectivity index (χ1n) is 10.9. The summed E-state index contributed by atoms with van der Waals surface area (Å²) in [7, 11) is -0.888. The minimum absolute atomic E-state index is 0.154. The second-order valence-corrected chi connectivity index (χ2v) is 12.7. The number of aromatic hydroxyl groups is 1. The van der Waals surface area contributed by atoms with Crippen LogP contribution in [0.3, 0.4) is 0 Å². The van der Waals surface area contributed by atoms with Crippen molar-refractivity contribution in [2.24, 2.45) is 0 Å². The number of alkyl halides is 6. The highest BCUT2D eigenvalue weighted by atomic mass is 127. The maximum Gasteiger partial charge on any atom is 0.416 e. The molecule has 0 saturated heterocycles. The van der Waals surface area contributed by atoms with Gasteiger partial charge >= 0.3 is 12.4 Å². The molecule has 0 radical (unpaired) electrons. The number of ether oxygens (including phenoxy) is 1. The van der Waals surface area contributed by atoms with Crippen LogP contribution in [-0.2, 0) is 19.0 Å². The van der Waals surface area contributed by atoms with E-state index in [4.69, 9.17) is 4.74 Å². The summed E-state index contributed by atoms with van der Waals surface area (Å²) in [6, 6.07) is 17.1. The fraction of sp³-hybridized carbons (Fsp3) is 0.111. The molecular weight excluding hydrogens is 756 g/mol. The Balaban J connectivity index is 1.55. The zero-order valence-electron chi connectivity index (χ0n) is 18.9. The molecule has 11 heteroatoms. The van der Waals surface area contributed by atoms with Crippen LogP contribution < -0.4 is 4.74 Å². The molecule has 0 bridgehead atoms. The summed E-state index contributed by atoms with van der Waals surface area (Å²) in [5.74, 6) is 0.761. The molecule has 1 aromatic heterocycles. The van der Waals surface area contributed by atoms with Crippen LogP contribution in [0.2, 0.25) is 0 Å². The van der Waals surface area contributed by atoms with Crippen LogP contribution in [-0.4, -0.2) is 5.11 Å². The van der Waals surface area contributed by atoms with Crippen molar-refractivity contribution in [3.05, 3.63) is 96.6 Å². The first kappa shape index (κ1) is 27.3. The Kier molecular flexibility index (Phi) is 7.22. The van der Waals surface area contributed by atoms with E-state index in [0.29, 0.717) is 22.3 Å². The molecule has 0 amide bonds. The third kappa shape index (κ3) is 5.28. The van der Waals surface area contributed by atoms with Crippen molar-refractivity contribution in [3.8, 4) is 16.4 Å². The predicted octanol–water partition coefficient (Wildman–Crippen LogP) is 10.3. The summed E-state index contributed by atoms with van der Waals surface area (Å²) in [6.07, 6.45) is -9.24. The Morgan fingerprint density at radius 3 is 1.61 bits per heavy atom. The molecule has 4 aromatic carbocycles. The van der Waals surface area contributed by atoms with E-state index in [9.17, 15) is 31.4 Å². The maximum absolute atomic E-state index is 13.4. The number of hydrogen-bond acceptors (Lipinski definition) is 2. The summed E-state index contributed by atoms with van der Waals surface area (Å²) in [5.41, 5.74) is -0.957. The number of fused-ring (bicyclic) bond motifs is 3. The Hall–Kier alpha value is -2.26. The first-order chi connectivity index (χ1) is 17.8. The zero-order valence-corrected chi connectivity index (χ0v) is 24.1. The van der Waals surface area contributed by atoms with E-state index in [2.05, 4.69) is 0 Å². The molecule has 0 aliphatic rings. The topological polar surface area (TPSA) is 29.5 Å². The molecule has 2 nitrogen and oxygen atoms in total. The molecule has 0 fully saturated rings. The van der Waals surface area contributed by atoms with Crippen molar-refractivity contribution in [1.29, 1.82) is 0 Å². The molecule has 0 aliphatic heterocycles.